The maximum Gasteiger partial charge on any atom is 0.350 e. The molecule has 3 aromatic rings. The first-order chi connectivity index (χ1) is 13.9. The molecule has 2 heterocycles. The molecule has 0 radical (unpaired) electrons. The van der Waals surface area contributed by atoms with Crippen LogP contribution in [-0.2, 0) is 9.53 Å². The predicted molar refractivity (Wildman–Crippen MR) is 114 cm³/mol. The molecule has 6 nitrogen and oxygen atoms in total. The number of benzene rings is 2. The second-order valence-corrected chi connectivity index (χ2v) is 8.75. The van der Waals surface area contributed by atoms with Crippen LogP contribution in [0.25, 0.3) is 10.2 Å². The van der Waals surface area contributed by atoms with Gasteiger partial charge < -0.3 is 19.1 Å². The van der Waals surface area contributed by atoms with Crippen molar-refractivity contribution in [3.05, 3.63) is 47.5 Å². The third-order valence-corrected chi connectivity index (χ3v) is 5.99. The van der Waals surface area contributed by atoms with E-state index >= 15 is 0 Å². The lowest BCUT2D eigenvalue weighted by molar-refractivity contribution is -0.166. The molecule has 1 fully saturated rings. The van der Waals surface area contributed by atoms with E-state index in [1.807, 2.05) is 18.2 Å². The van der Waals surface area contributed by atoms with Gasteiger partial charge in [-0.05, 0) is 50.2 Å². The molecule has 0 N–H and O–H groups in total. The molecule has 0 aliphatic carbocycles. The second kappa shape index (κ2) is 7.72. The lowest BCUT2D eigenvalue weighted by Crippen LogP contribution is -2.55. The van der Waals surface area contributed by atoms with Crippen molar-refractivity contribution < 1.29 is 19.0 Å². The number of ether oxygens (including phenoxy) is 3. The van der Waals surface area contributed by atoms with E-state index in [9.17, 15) is 4.79 Å². The lowest BCUT2D eigenvalue weighted by atomic mass is 10.1. The normalized spacial score (nSPS) is 14.6. The number of carbonyl (C=O) groups excluding carboxylic acids is 1. The van der Waals surface area contributed by atoms with E-state index < -0.39 is 11.6 Å². The van der Waals surface area contributed by atoms with E-state index in [4.69, 9.17) is 25.8 Å². The fourth-order valence-corrected chi connectivity index (χ4v) is 4.14. The van der Waals surface area contributed by atoms with Crippen LogP contribution < -0.4 is 14.4 Å². The summed E-state index contributed by atoms with van der Waals surface area (Å²) in [6, 6.07) is 12.8. The average molecular weight is 433 g/mol. The fraction of sp³-hybridized carbons (Fsp3) is 0.333. The Morgan fingerprint density at radius 2 is 1.93 bits per heavy atom. The first-order valence-electron chi connectivity index (χ1n) is 9.20. The third-order valence-electron chi connectivity index (χ3n) is 4.66. The van der Waals surface area contributed by atoms with Crippen LogP contribution in [-0.4, -0.2) is 42.9 Å². The maximum absolute atomic E-state index is 12.6. The molecule has 29 heavy (non-hydrogen) atoms. The predicted octanol–water partition coefficient (Wildman–Crippen LogP) is 4.55. The van der Waals surface area contributed by atoms with Crippen LogP contribution in [0.15, 0.2) is 42.5 Å². The van der Waals surface area contributed by atoms with Gasteiger partial charge in [-0.1, -0.05) is 29.0 Å². The first kappa shape index (κ1) is 19.8. The third kappa shape index (κ3) is 4.11. The molecule has 8 heteroatoms. The molecule has 0 amide bonds. The molecular formula is C21H21ClN2O4S. The molecular weight excluding hydrogens is 412 g/mol. The van der Waals surface area contributed by atoms with Gasteiger partial charge >= 0.3 is 5.97 Å². The summed E-state index contributed by atoms with van der Waals surface area (Å²) >= 11 is 7.48. The van der Waals surface area contributed by atoms with Gasteiger partial charge in [0.15, 0.2) is 10.7 Å². The summed E-state index contributed by atoms with van der Waals surface area (Å²) in [6.07, 6.45) is -0.190. The molecule has 1 aliphatic heterocycles. The Labute approximate surface area is 178 Å². The van der Waals surface area contributed by atoms with E-state index in [0.717, 1.165) is 21.1 Å². The minimum Gasteiger partial charge on any atom is -0.494 e. The quantitative estimate of drug-likeness (QED) is 0.532. The highest BCUT2D eigenvalue weighted by Gasteiger charge is 2.38. The zero-order valence-electron chi connectivity index (χ0n) is 16.3. The molecule has 0 saturated carbocycles. The number of hydrogen-bond donors (Lipinski definition) is 0. The summed E-state index contributed by atoms with van der Waals surface area (Å²) < 4.78 is 17.9. The number of fused-ring (bicyclic) bond motifs is 1. The fourth-order valence-electron chi connectivity index (χ4n) is 3.01. The Kier molecular flexibility index (Phi) is 5.27. The molecule has 152 valence electrons. The Hall–Kier alpha value is -2.51. The number of esters is 1. The van der Waals surface area contributed by atoms with Crippen LogP contribution in [0.1, 0.15) is 13.8 Å². The average Bonchev–Trinajstić information content (AvgIpc) is 3.09. The summed E-state index contributed by atoms with van der Waals surface area (Å²) in [4.78, 5) is 19.4. The van der Waals surface area contributed by atoms with Crippen LogP contribution in [0, 0.1) is 0 Å². The number of rotatable bonds is 6. The van der Waals surface area contributed by atoms with Gasteiger partial charge in [0.1, 0.15) is 23.1 Å². The minimum atomic E-state index is -1.10. The van der Waals surface area contributed by atoms with Crippen molar-refractivity contribution in [3.63, 3.8) is 0 Å². The van der Waals surface area contributed by atoms with Crippen molar-refractivity contribution in [2.75, 3.05) is 25.1 Å². The molecule has 0 bridgehead atoms. The van der Waals surface area contributed by atoms with Crippen LogP contribution in [0.3, 0.4) is 0 Å². The number of methoxy groups -OCH3 is 1. The minimum absolute atomic E-state index is 0.190. The zero-order valence-corrected chi connectivity index (χ0v) is 17.9. The lowest BCUT2D eigenvalue weighted by Gasteiger charge is -2.39. The van der Waals surface area contributed by atoms with Crippen molar-refractivity contribution >= 4 is 44.3 Å². The van der Waals surface area contributed by atoms with E-state index in [1.165, 1.54) is 0 Å². The largest absolute Gasteiger partial charge is 0.494 e. The number of carbonyl (C=O) groups is 1. The summed E-state index contributed by atoms with van der Waals surface area (Å²) in [5.41, 5.74) is -0.245. The smallest absolute Gasteiger partial charge is 0.350 e. The Morgan fingerprint density at radius 3 is 2.62 bits per heavy atom. The van der Waals surface area contributed by atoms with Gasteiger partial charge in [0, 0.05) is 5.02 Å². The van der Waals surface area contributed by atoms with Gasteiger partial charge in [-0.15, -0.1) is 0 Å². The van der Waals surface area contributed by atoms with Crippen LogP contribution in [0.4, 0.5) is 5.13 Å². The van der Waals surface area contributed by atoms with E-state index in [2.05, 4.69) is 9.88 Å². The van der Waals surface area contributed by atoms with Gasteiger partial charge in [-0.3, -0.25) is 0 Å². The highest BCUT2D eigenvalue weighted by atomic mass is 35.5. The molecule has 4 rings (SSSR count). The number of thiazole rings is 1. The summed E-state index contributed by atoms with van der Waals surface area (Å²) in [6.45, 7) is 4.59. The van der Waals surface area contributed by atoms with Crippen LogP contribution in [0.2, 0.25) is 5.02 Å². The Balaban J connectivity index is 1.35. The van der Waals surface area contributed by atoms with Gasteiger partial charge in [0.2, 0.25) is 0 Å². The molecule has 1 aromatic heterocycles. The summed E-state index contributed by atoms with van der Waals surface area (Å²) in [5, 5.41) is 1.51. The Bertz CT molecular complexity index is 1030. The molecule has 1 saturated heterocycles. The molecule has 0 atom stereocenters. The van der Waals surface area contributed by atoms with E-state index in [-0.39, 0.29) is 6.10 Å². The highest BCUT2D eigenvalue weighted by molar-refractivity contribution is 7.22. The number of halogens is 1. The van der Waals surface area contributed by atoms with Gasteiger partial charge in [0.05, 0.1) is 24.9 Å². The topological polar surface area (TPSA) is 60.9 Å². The van der Waals surface area contributed by atoms with Crippen molar-refractivity contribution in [2.45, 2.75) is 25.6 Å². The molecule has 2 aromatic carbocycles. The molecule has 0 unspecified atom stereocenters. The molecule has 0 spiro atoms. The summed E-state index contributed by atoms with van der Waals surface area (Å²) in [7, 11) is 1.64. The maximum atomic E-state index is 12.6. The van der Waals surface area contributed by atoms with E-state index in [1.54, 1.807) is 56.6 Å². The SMILES string of the molecule is COc1cccc2sc(N3CC(OC(=O)C(C)(C)Oc4ccc(Cl)cc4)C3)nc12. The van der Waals surface area contributed by atoms with Crippen LogP contribution >= 0.6 is 22.9 Å². The van der Waals surface area contributed by atoms with Crippen molar-refractivity contribution in [1.29, 1.82) is 0 Å². The number of para-hydroxylation sites is 1. The van der Waals surface area contributed by atoms with E-state index in [0.29, 0.717) is 23.9 Å². The standard InChI is InChI=1S/C21H21ClN2O4S/c1-21(2,28-14-9-7-13(22)8-10-14)19(25)27-15-11-24(12-15)20-23-18-16(26-3)5-4-6-17(18)29-20/h4-10,15H,11-12H2,1-3H3. The highest BCUT2D eigenvalue weighted by Crippen LogP contribution is 2.36. The van der Waals surface area contributed by atoms with Crippen molar-refractivity contribution in [3.8, 4) is 11.5 Å². The van der Waals surface area contributed by atoms with Crippen molar-refractivity contribution in [1.82, 2.24) is 4.98 Å². The van der Waals surface area contributed by atoms with Gasteiger partial charge in [0.25, 0.3) is 0 Å². The number of nitrogens with zero attached hydrogens (tertiary/aromatic N) is 2. The van der Waals surface area contributed by atoms with Gasteiger partial charge in [-0.2, -0.15) is 0 Å². The number of anilines is 1. The number of hydrogen-bond acceptors (Lipinski definition) is 7. The van der Waals surface area contributed by atoms with Crippen LogP contribution in [0.5, 0.6) is 11.5 Å². The van der Waals surface area contributed by atoms with Gasteiger partial charge in [-0.25, -0.2) is 9.78 Å². The molecule has 1 aliphatic rings. The second-order valence-electron chi connectivity index (χ2n) is 7.30. The van der Waals surface area contributed by atoms with Crippen molar-refractivity contribution in [2.24, 2.45) is 0 Å². The summed E-state index contributed by atoms with van der Waals surface area (Å²) in [5.74, 6) is 0.924. The first-order valence-corrected chi connectivity index (χ1v) is 10.4. The monoisotopic (exact) mass is 432 g/mol. The Morgan fingerprint density at radius 1 is 1.21 bits per heavy atom. The zero-order chi connectivity index (χ0) is 20.6. The number of aromatic nitrogens is 1.